The Hall–Kier alpha value is 0. The third-order valence-electron chi connectivity index (χ3n) is 3.28. The van der Waals surface area contributed by atoms with Gasteiger partial charge < -0.3 is 0 Å². The molecule has 0 N–H and O–H groups in total. The quantitative estimate of drug-likeness (QED) is 0.566. The first-order valence-corrected chi connectivity index (χ1v) is 5.24. The van der Waals surface area contributed by atoms with E-state index in [1.54, 1.807) is 0 Å². The molecule has 0 saturated heterocycles. The molecule has 1 aliphatic rings. The van der Waals surface area contributed by atoms with Crippen LogP contribution in [0.25, 0.3) is 0 Å². The number of rotatable bonds is 2. The van der Waals surface area contributed by atoms with Gasteiger partial charge in [0.05, 0.1) is 0 Å². The predicted molar refractivity (Wildman–Crippen MR) is 50.6 cm³/mol. The Labute approximate surface area is 71.4 Å². The Balaban J connectivity index is 2.34. The minimum atomic E-state index is 1.00. The molecule has 0 aliphatic heterocycles. The molecule has 1 rings (SSSR count). The molecule has 0 aromatic rings. The maximum atomic E-state index is 2.44. The van der Waals surface area contributed by atoms with E-state index in [4.69, 9.17) is 0 Å². The Morgan fingerprint density at radius 3 is 2.55 bits per heavy atom. The SMILES string of the molecule is CCCC1CC(C)CC[C@H]1C. The average Bonchev–Trinajstić information content (AvgIpc) is 1.98. The lowest BCUT2D eigenvalue weighted by Gasteiger charge is -2.32. The van der Waals surface area contributed by atoms with Gasteiger partial charge in [-0.15, -0.1) is 0 Å². The number of hydrogen-bond donors (Lipinski definition) is 0. The average molecular weight is 154 g/mol. The van der Waals surface area contributed by atoms with Crippen molar-refractivity contribution in [3.05, 3.63) is 0 Å². The smallest absolute Gasteiger partial charge is 0.0386 e. The lowest BCUT2D eigenvalue weighted by molar-refractivity contribution is 0.192. The van der Waals surface area contributed by atoms with Gasteiger partial charge in [0.25, 0.3) is 0 Å². The first kappa shape index (κ1) is 9.09. The monoisotopic (exact) mass is 154 g/mol. The highest BCUT2D eigenvalue weighted by molar-refractivity contribution is 4.75. The van der Waals surface area contributed by atoms with E-state index in [1.165, 1.54) is 32.1 Å². The van der Waals surface area contributed by atoms with Crippen LogP contribution in [0.5, 0.6) is 0 Å². The lowest BCUT2D eigenvalue weighted by Crippen LogP contribution is -2.21. The second-order valence-electron chi connectivity index (χ2n) is 4.44. The van der Waals surface area contributed by atoms with Gasteiger partial charge in [0.15, 0.2) is 0 Å². The van der Waals surface area contributed by atoms with Crippen LogP contribution in [0, 0.1) is 17.8 Å². The topological polar surface area (TPSA) is 0 Å². The molecule has 0 aromatic carbocycles. The molecule has 11 heavy (non-hydrogen) atoms. The van der Waals surface area contributed by atoms with E-state index in [2.05, 4.69) is 20.8 Å². The summed E-state index contributed by atoms with van der Waals surface area (Å²) >= 11 is 0. The van der Waals surface area contributed by atoms with E-state index in [0.29, 0.717) is 0 Å². The van der Waals surface area contributed by atoms with Crippen LogP contribution in [0.3, 0.4) is 0 Å². The molecule has 1 saturated carbocycles. The van der Waals surface area contributed by atoms with Crippen molar-refractivity contribution < 1.29 is 0 Å². The molecule has 2 unspecified atom stereocenters. The zero-order chi connectivity index (χ0) is 8.27. The molecule has 1 fully saturated rings. The second kappa shape index (κ2) is 4.13. The molecule has 1 aliphatic carbocycles. The maximum Gasteiger partial charge on any atom is -0.0386 e. The van der Waals surface area contributed by atoms with Crippen LogP contribution < -0.4 is 0 Å². The Bertz CT molecular complexity index is 107. The van der Waals surface area contributed by atoms with Crippen LogP contribution >= 0.6 is 0 Å². The van der Waals surface area contributed by atoms with Gasteiger partial charge in [-0.05, 0) is 24.2 Å². The third-order valence-corrected chi connectivity index (χ3v) is 3.28. The summed E-state index contributed by atoms with van der Waals surface area (Å²) in [6, 6.07) is 0. The largest absolute Gasteiger partial charge is 0.0654 e. The second-order valence-corrected chi connectivity index (χ2v) is 4.44. The predicted octanol–water partition coefficient (Wildman–Crippen LogP) is 3.86. The van der Waals surface area contributed by atoms with Gasteiger partial charge in [0, 0.05) is 0 Å². The van der Waals surface area contributed by atoms with E-state index < -0.39 is 0 Å². The van der Waals surface area contributed by atoms with Crippen molar-refractivity contribution in [1.29, 1.82) is 0 Å². The summed E-state index contributed by atoms with van der Waals surface area (Å²) < 4.78 is 0. The van der Waals surface area contributed by atoms with Gasteiger partial charge in [-0.2, -0.15) is 0 Å². The van der Waals surface area contributed by atoms with Crippen molar-refractivity contribution in [1.82, 2.24) is 0 Å². The normalized spacial score (nSPS) is 39.0. The molecule has 0 heterocycles. The van der Waals surface area contributed by atoms with Gasteiger partial charge in [0.1, 0.15) is 0 Å². The zero-order valence-electron chi connectivity index (χ0n) is 8.27. The van der Waals surface area contributed by atoms with Gasteiger partial charge in [0.2, 0.25) is 0 Å². The summed E-state index contributed by atoms with van der Waals surface area (Å²) in [5.74, 6) is 3.05. The molecule has 0 aromatic heterocycles. The van der Waals surface area contributed by atoms with E-state index in [0.717, 1.165) is 17.8 Å². The van der Waals surface area contributed by atoms with Crippen molar-refractivity contribution in [2.75, 3.05) is 0 Å². The van der Waals surface area contributed by atoms with Crippen LogP contribution in [-0.2, 0) is 0 Å². The van der Waals surface area contributed by atoms with Gasteiger partial charge in [-0.1, -0.05) is 46.5 Å². The Morgan fingerprint density at radius 2 is 1.91 bits per heavy atom. The summed E-state index contributed by atoms with van der Waals surface area (Å²) in [5.41, 5.74) is 0. The van der Waals surface area contributed by atoms with E-state index in [-0.39, 0.29) is 0 Å². The van der Waals surface area contributed by atoms with Gasteiger partial charge in [-0.3, -0.25) is 0 Å². The Kier molecular flexibility index (Phi) is 3.42. The standard InChI is InChI=1S/C11H22/c1-4-5-11-8-9(2)6-7-10(11)3/h9-11H,4-8H2,1-3H3/t9?,10-,11?/m1/s1. The van der Waals surface area contributed by atoms with Crippen molar-refractivity contribution >= 4 is 0 Å². The maximum absolute atomic E-state index is 2.44. The molecule has 0 bridgehead atoms. The highest BCUT2D eigenvalue weighted by Gasteiger charge is 2.24. The first-order valence-electron chi connectivity index (χ1n) is 5.24. The fraction of sp³-hybridized carbons (Fsp3) is 1.00. The minimum absolute atomic E-state index is 1.00. The zero-order valence-corrected chi connectivity index (χ0v) is 8.27. The summed E-state index contributed by atoms with van der Waals surface area (Å²) in [6.07, 6.45) is 7.29. The van der Waals surface area contributed by atoms with Crippen LogP contribution in [0.4, 0.5) is 0 Å². The van der Waals surface area contributed by atoms with Gasteiger partial charge >= 0.3 is 0 Å². The van der Waals surface area contributed by atoms with Crippen LogP contribution in [0.2, 0.25) is 0 Å². The van der Waals surface area contributed by atoms with Crippen LogP contribution in [0.1, 0.15) is 52.9 Å². The van der Waals surface area contributed by atoms with E-state index in [9.17, 15) is 0 Å². The molecule has 0 nitrogen and oxygen atoms in total. The summed E-state index contributed by atoms with van der Waals surface area (Å²) in [7, 11) is 0. The molecular weight excluding hydrogens is 132 g/mol. The van der Waals surface area contributed by atoms with Crippen molar-refractivity contribution in [3.63, 3.8) is 0 Å². The molecule has 0 heteroatoms. The van der Waals surface area contributed by atoms with Gasteiger partial charge in [-0.25, -0.2) is 0 Å². The summed E-state index contributed by atoms with van der Waals surface area (Å²) in [6.45, 7) is 7.16. The fourth-order valence-electron chi connectivity index (χ4n) is 2.42. The molecule has 0 spiro atoms. The van der Waals surface area contributed by atoms with Crippen molar-refractivity contribution in [2.24, 2.45) is 17.8 Å². The number of hydrogen-bond acceptors (Lipinski definition) is 0. The fourth-order valence-corrected chi connectivity index (χ4v) is 2.42. The van der Waals surface area contributed by atoms with Crippen molar-refractivity contribution in [2.45, 2.75) is 52.9 Å². The molecule has 3 atom stereocenters. The van der Waals surface area contributed by atoms with E-state index >= 15 is 0 Å². The summed E-state index contributed by atoms with van der Waals surface area (Å²) in [5, 5.41) is 0. The third kappa shape index (κ3) is 2.50. The molecule has 0 radical (unpaired) electrons. The highest BCUT2D eigenvalue weighted by Crippen LogP contribution is 2.35. The minimum Gasteiger partial charge on any atom is -0.0654 e. The first-order chi connectivity index (χ1) is 5.24. The highest BCUT2D eigenvalue weighted by atomic mass is 14.3. The van der Waals surface area contributed by atoms with E-state index in [1.807, 2.05) is 0 Å². The van der Waals surface area contributed by atoms with Crippen LogP contribution in [0.15, 0.2) is 0 Å². The lowest BCUT2D eigenvalue weighted by atomic mass is 9.74. The molecule has 66 valence electrons. The molecule has 0 amide bonds. The van der Waals surface area contributed by atoms with Crippen molar-refractivity contribution in [3.8, 4) is 0 Å². The Morgan fingerprint density at radius 1 is 1.18 bits per heavy atom. The molecular formula is C11H22. The summed E-state index contributed by atoms with van der Waals surface area (Å²) in [4.78, 5) is 0. The van der Waals surface area contributed by atoms with Crippen LogP contribution in [-0.4, -0.2) is 0 Å².